The Morgan fingerprint density at radius 1 is 1.03 bits per heavy atom. The lowest BCUT2D eigenvalue weighted by Gasteiger charge is -2.61. The number of Topliss-reactive ketones (excluding diaryl/α,β-unsaturated/α-hetero) is 1. The van der Waals surface area contributed by atoms with E-state index in [1.54, 1.807) is 0 Å². The van der Waals surface area contributed by atoms with E-state index >= 15 is 0 Å². The van der Waals surface area contributed by atoms with Crippen LogP contribution in [0.25, 0.3) is 11.0 Å². The molecule has 0 spiro atoms. The third-order valence-electron chi connectivity index (χ3n) is 11.2. The normalized spacial score (nSPS) is 43.0. The van der Waals surface area contributed by atoms with E-state index < -0.39 is 17.2 Å². The van der Waals surface area contributed by atoms with Crippen molar-refractivity contribution in [2.45, 2.75) is 90.7 Å². The van der Waals surface area contributed by atoms with Gasteiger partial charge in [0.2, 0.25) is 0 Å². The minimum Gasteiger partial charge on any atom is -0.390 e. The molecule has 1 unspecified atom stereocenters. The molecule has 0 amide bonds. The van der Waals surface area contributed by atoms with Crippen LogP contribution in [0.4, 0.5) is 8.78 Å². The molecule has 35 heavy (non-hydrogen) atoms. The lowest BCUT2D eigenvalue weighted by molar-refractivity contribution is -0.151. The third-order valence-corrected chi connectivity index (χ3v) is 11.2. The summed E-state index contributed by atoms with van der Waals surface area (Å²) >= 11 is 0. The number of carbonyl (C=O) groups is 1. The predicted molar refractivity (Wildman–Crippen MR) is 128 cm³/mol. The predicted octanol–water partition coefficient (Wildman–Crippen LogP) is 5.69. The fourth-order valence-electron chi connectivity index (χ4n) is 9.31. The molecule has 7 heteroatoms. The molecule has 4 aliphatic carbocycles. The Morgan fingerprint density at radius 2 is 1.80 bits per heavy atom. The largest absolute Gasteiger partial charge is 0.390 e. The molecule has 1 aromatic heterocycles. The van der Waals surface area contributed by atoms with Crippen molar-refractivity contribution >= 4 is 16.8 Å². The Kier molecular flexibility index (Phi) is 5.24. The van der Waals surface area contributed by atoms with Crippen molar-refractivity contribution < 1.29 is 18.7 Å². The molecule has 0 radical (unpaired) electrons. The van der Waals surface area contributed by atoms with E-state index in [0.717, 1.165) is 51.0 Å². The summed E-state index contributed by atoms with van der Waals surface area (Å²) in [6, 6.07) is 2.52. The number of halogens is 2. The molecule has 5 nitrogen and oxygen atoms in total. The molecule has 2 aromatic rings. The molecule has 1 N–H and O–H groups in total. The van der Waals surface area contributed by atoms with E-state index in [0.29, 0.717) is 34.6 Å². The Bertz CT molecular complexity index is 1180. The molecule has 6 rings (SSSR count). The summed E-state index contributed by atoms with van der Waals surface area (Å²) in [6.45, 7) is 6.88. The van der Waals surface area contributed by atoms with Gasteiger partial charge in [0.1, 0.15) is 6.54 Å². The van der Waals surface area contributed by atoms with Crippen LogP contribution in [-0.2, 0) is 11.3 Å². The van der Waals surface area contributed by atoms with Gasteiger partial charge in [-0.05, 0) is 111 Å². The number of nitrogens with zero attached hydrogens (tertiary/aromatic N) is 3. The van der Waals surface area contributed by atoms with E-state index in [9.17, 15) is 18.7 Å². The van der Waals surface area contributed by atoms with Gasteiger partial charge in [0, 0.05) is 5.92 Å². The van der Waals surface area contributed by atoms with E-state index in [-0.39, 0.29) is 29.2 Å². The molecule has 1 aromatic carbocycles. The van der Waals surface area contributed by atoms with Gasteiger partial charge in [-0.25, -0.2) is 13.5 Å². The quantitative estimate of drug-likeness (QED) is 0.607. The lowest BCUT2D eigenvalue weighted by Crippen LogP contribution is -2.55. The van der Waals surface area contributed by atoms with Crippen LogP contribution in [0.15, 0.2) is 12.1 Å². The fraction of sp³-hybridized carbons (Fsp3) is 0.750. The van der Waals surface area contributed by atoms with Gasteiger partial charge in [0.15, 0.2) is 22.9 Å². The van der Waals surface area contributed by atoms with E-state index in [2.05, 4.69) is 24.2 Å². The van der Waals surface area contributed by atoms with E-state index in [4.69, 9.17) is 0 Å². The van der Waals surface area contributed by atoms with Crippen LogP contribution in [0.2, 0.25) is 0 Å². The van der Waals surface area contributed by atoms with Crippen molar-refractivity contribution in [1.82, 2.24) is 15.0 Å². The number of rotatable bonds is 3. The van der Waals surface area contributed by atoms with Crippen molar-refractivity contribution in [1.29, 1.82) is 0 Å². The number of aliphatic hydroxyl groups is 1. The van der Waals surface area contributed by atoms with Crippen molar-refractivity contribution in [3.05, 3.63) is 23.8 Å². The van der Waals surface area contributed by atoms with Crippen LogP contribution >= 0.6 is 0 Å². The lowest BCUT2D eigenvalue weighted by atomic mass is 9.44. The third kappa shape index (κ3) is 3.43. The zero-order chi connectivity index (χ0) is 24.8. The second-order valence-electron chi connectivity index (χ2n) is 13.0. The first-order chi connectivity index (χ1) is 16.5. The molecular formula is C28H37F2N3O2. The van der Waals surface area contributed by atoms with Crippen molar-refractivity contribution in [3.8, 4) is 0 Å². The summed E-state index contributed by atoms with van der Waals surface area (Å²) in [5.74, 6) is 0.621. The first kappa shape index (κ1) is 23.5. The van der Waals surface area contributed by atoms with Gasteiger partial charge in [-0.1, -0.05) is 19.1 Å². The van der Waals surface area contributed by atoms with Gasteiger partial charge in [-0.15, -0.1) is 5.10 Å². The molecule has 8 atom stereocenters. The number of fused-ring (bicyclic) bond motifs is 6. The molecule has 1 heterocycles. The standard InChI is InChI=1S/C28H37F2N3O2/c1-26(35)12-13-27(2)16(14-26)4-5-17-18-6-7-20(28(18,3)11-10-19(17)27)23(34)15-33-22-9-8-21(29)24(30)25(22)31-32-33/h8-9,16-20,35H,4-7,10-15H2,1-3H3/t16-,17?,18+,19+,20-,26-,27+,28+/m1/s1. The highest BCUT2D eigenvalue weighted by atomic mass is 19.2. The van der Waals surface area contributed by atoms with Crippen LogP contribution < -0.4 is 0 Å². The monoisotopic (exact) mass is 485 g/mol. The summed E-state index contributed by atoms with van der Waals surface area (Å²) in [5.41, 5.74) is -0.000777. The maximum Gasteiger partial charge on any atom is 0.188 e. The zero-order valence-corrected chi connectivity index (χ0v) is 21.1. The highest BCUT2D eigenvalue weighted by Gasteiger charge is 2.61. The van der Waals surface area contributed by atoms with Crippen molar-refractivity contribution in [2.24, 2.45) is 40.4 Å². The van der Waals surface area contributed by atoms with Crippen molar-refractivity contribution in [2.75, 3.05) is 0 Å². The first-order valence-electron chi connectivity index (χ1n) is 13.5. The molecule has 4 fully saturated rings. The summed E-state index contributed by atoms with van der Waals surface area (Å²) in [5, 5.41) is 18.5. The second kappa shape index (κ2) is 7.80. The Balaban J connectivity index is 1.22. The van der Waals surface area contributed by atoms with Gasteiger partial charge in [-0.2, -0.15) is 0 Å². The summed E-state index contributed by atoms with van der Waals surface area (Å²) < 4.78 is 29.1. The fourth-order valence-corrected chi connectivity index (χ4v) is 9.31. The molecular weight excluding hydrogens is 448 g/mol. The van der Waals surface area contributed by atoms with Crippen LogP contribution in [0.3, 0.4) is 0 Å². The average molecular weight is 486 g/mol. The second-order valence-corrected chi connectivity index (χ2v) is 13.0. The molecule has 0 bridgehead atoms. The maximum atomic E-state index is 14.1. The number of carbonyl (C=O) groups excluding carboxylic acids is 1. The van der Waals surface area contributed by atoms with Gasteiger partial charge < -0.3 is 5.11 Å². The number of hydrogen-bond donors (Lipinski definition) is 1. The smallest absolute Gasteiger partial charge is 0.188 e. The first-order valence-corrected chi connectivity index (χ1v) is 13.5. The maximum absolute atomic E-state index is 14.1. The molecule has 4 aliphatic rings. The van der Waals surface area contributed by atoms with Gasteiger partial charge in [0.25, 0.3) is 0 Å². The van der Waals surface area contributed by atoms with Crippen molar-refractivity contribution in [3.63, 3.8) is 0 Å². The van der Waals surface area contributed by atoms with Crippen LogP contribution in [0.1, 0.15) is 78.6 Å². The van der Waals surface area contributed by atoms with Gasteiger partial charge >= 0.3 is 0 Å². The summed E-state index contributed by atoms with van der Waals surface area (Å²) in [6.07, 6.45) is 9.52. The minimum atomic E-state index is -1.01. The molecule has 190 valence electrons. The molecule has 4 saturated carbocycles. The average Bonchev–Trinajstić information content (AvgIpc) is 3.37. The highest BCUT2D eigenvalue weighted by molar-refractivity contribution is 5.84. The SMILES string of the molecule is C[C@@]1(O)CC[C@@]2(C)[C@H](CCC3[C@@H]2CC[C@]2(C)[C@@H](C(=O)Cn4nnc5c(F)c(F)ccc54)CC[C@@H]32)C1. The molecule has 0 saturated heterocycles. The van der Waals surface area contributed by atoms with E-state index in [1.165, 1.54) is 23.6 Å². The van der Waals surface area contributed by atoms with Crippen LogP contribution in [0.5, 0.6) is 0 Å². The van der Waals surface area contributed by atoms with Gasteiger partial charge in [-0.3, -0.25) is 4.79 Å². The van der Waals surface area contributed by atoms with E-state index in [1.807, 2.05) is 6.92 Å². The summed E-state index contributed by atoms with van der Waals surface area (Å²) in [4.78, 5) is 13.6. The highest BCUT2D eigenvalue weighted by Crippen LogP contribution is 2.68. The Hall–Kier alpha value is -1.89. The zero-order valence-electron chi connectivity index (χ0n) is 21.1. The number of aromatic nitrogens is 3. The Morgan fingerprint density at radius 3 is 2.60 bits per heavy atom. The topological polar surface area (TPSA) is 68.0 Å². The summed E-state index contributed by atoms with van der Waals surface area (Å²) in [7, 11) is 0. The minimum absolute atomic E-state index is 0.0185. The number of benzene rings is 1. The van der Waals surface area contributed by atoms with Crippen LogP contribution in [-0.4, -0.2) is 31.5 Å². The Labute approximate surface area is 205 Å². The number of ketones is 1. The van der Waals surface area contributed by atoms with Crippen LogP contribution in [0, 0.1) is 52.1 Å². The van der Waals surface area contributed by atoms with Gasteiger partial charge in [0.05, 0.1) is 11.1 Å². The molecule has 0 aliphatic heterocycles. The number of hydrogen-bond acceptors (Lipinski definition) is 4.